The molecule has 0 unspecified atom stereocenters. The molecule has 0 atom stereocenters. The predicted molar refractivity (Wildman–Crippen MR) is 116 cm³/mol. The summed E-state index contributed by atoms with van der Waals surface area (Å²) in [6.07, 6.45) is 0. The molecule has 2 nitrogen and oxygen atoms in total. The van der Waals surface area contributed by atoms with Crippen LogP contribution in [0, 0.1) is 0 Å². The Labute approximate surface area is 168 Å². The van der Waals surface area contributed by atoms with Crippen molar-refractivity contribution in [1.82, 2.24) is 4.57 Å². The van der Waals surface area contributed by atoms with Crippen LogP contribution < -0.4 is 0 Å². The van der Waals surface area contributed by atoms with E-state index in [1.54, 1.807) is 0 Å². The summed E-state index contributed by atoms with van der Waals surface area (Å²) < 4.78 is 2.33. The second-order valence-electron chi connectivity index (χ2n) is 6.88. The van der Waals surface area contributed by atoms with E-state index in [2.05, 4.69) is 41.0 Å². The van der Waals surface area contributed by atoms with E-state index in [0.717, 1.165) is 50.8 Å². The number of benzene rings is 3. The van der Waals surface area contributed by atoms with Crippen LogP contribution in [0.15, 0.2) is 91.0 Å². The van der Waals surface area contributed by atoms with Gasteiger partial charge in [-0.2, -0.15) is 0 Å². The monoisotopic (exact) mass is 381 g/mol. The lowest BCUT2D eigenvalue weighted by atomic mass is 9.92. The molecular formula is C25H19NOS. The maximum atomic E-state index is 13.6. The molecule has 0 spiro atoms. The van der Waals surface area contributed by atoms with Crippen LogP contribution in [0.1, 0.15) is 21.6 Å². The van der Waals surface area contributed by atoms with Crippen molar-refractivity contribution in [3.8, 4) is 22.4 Å². The quantitative estimate of drug-likeness (QED) is 0.389. The fourth-order valence-corrected chi connectivity index (χ4v) is 5.01. The van der Waals surface area contributed by atoms with Crippen molar-refractivity contribution in [2.24, 2.45) is 0 Å². The fraction of sp³-hybridized carbons (Fsp3) is 0.0800. The van der Waals surface area contributed by atoms with Gasteiger partial charge in [0.25, 0.3) is 0 Å². The fourth-order valence-electron chi connectivity index (χ4n) is 3.95. The Hall–Kier alpha value is -3.04. The molecule has 0 radical (unpaired) electrons. The number of aromatic nitrogens is 1. The van der Waals surface area contributed by atoms with Crippen LogP contribution in [-0.2, 0) is 11.6 Å². The van der Waals surface area contributed by atoms with Gasteiger partial charge in [-0.25, -0.2) is 0 Å². The zero-order valence-electron chi connectivity index (χ0n) is 15.3. The third-order valence-corrected chi connectivity index (χ3v) is 6.12. The molecular weight excluding hydrogens is 362 g/mol. The van der Waals surface area contributed by atoms with Gasteiger partial charge in [0, 0.05) is 22.6 Å². The number of hydrogen-bond donors (Lipinski definition) is 0. The molecule has 136 valence electrons. The highest BCUT2D eigenvalue weighted by atomic mass is 32.2. The van der Waals surface area contributed by atoms with E-state index < -0.39 is 0 Å². The molecule has 0 saturated heterocycles. The highest BCUT2D eigenvalue weighted by Gasteiger charge is 2.31. The van der Waals surface area contributed by atoms with E-state index in [4.69, 9.17) is 0 Å². The second kappa shape index (κ2) is 7.17. The number of ketones is 1. The molecule has 0 bridgehead atoms. The number of rotatable bonds is 4. The number of carbonyl (C=O) groups excluding carboxylic acids is 1. The molecule has 0 saturated carbocycles. The molecule has 4 aromatic rings. The lowest BCUT2D eigenvalue weighted by molar-refractivity contribution is 0.103. The van der Waals surface area contributed by atoms with Crippen LogP contribution in [0.4, 0.5) is 0 Å². The first-order valence-electron chi connectivity index (χ1n) is 9.38. The van der Waals surface area contributed by atoms with Crippen LogP contribution in [-0.4, -0.2) is 10.4 Å². The predicted octanol–water partition coefficient (Wildman–Crippen LogP) is 6.26. The van der Waals surface area contributed by atoms with Gasteiger partial charge in [-0.15, -0.1) is 11.8 Å². The van der Waals surface area contributed by atoms with Gasteiger partial charge in [0.15, 0.2) is 5.78 Å². The van der Waals surface area contributed by atoms with Gasteiger partial charge in [-0.05, 0) is 11.1 Å². The third-order valence-electron chi connectivity index (χ3n) is 5.20. The Bertz CT molecular complexity index is 1130. The molecule has 3 aromatic carbocycles. The lowest BCUT2D eigenvalue weighted by Crippen LogP contribution is -2.05. The van der Waals surface area contributed by atoms with Gasteiger partial charge >= 0.3 is 0 Å². The summed E-state index contributed by atoms with van der Waals surface area (Å²) in [6, 6.07) is 30.3. The molecule has 2 heterocycles. The summed E-state index contributed by atoms with van der Waals surface area (Å²) in [4.78, 5) is 13.6. The van der Waals surface area contributed by atoms with E-state index in [0.29, 0.717) is 0 Å². The first kappa shape index (κ1) is 17.1. The third kappa shape index (κ3) is 2.79. The van der Waals surface area contributed by atoms with Crippen LogP contribution >= 0.6 is 11.8 Å². The van der Waals surface area contributed by atoms with E-state index in [1.165, 1.54) is 0 Å². The second-order valence-corrected chi connectivity index (χ2v) is 7.83. The highest BCUT2D eigenvalue weighted by Crippen LogP contribution is 2.44. The standard InChI is InChI=1S/C25H19NOS/c27-25(20-14-8-3-9-15-20)23-21-16-28-17-26(21)24(19-12-6-2-7-13-19)22(23)18-10-4-1-5-11-18/h1-15H,16-17H2. The maximum absolute atomic E-state index is 13.6. The summed E-state index contributed by atoms with van der Waals surface area (Å²) in [5.41, 5.74) is 7.16. The highest BCUT2D eigenvalue weighted by molar-refractivity contribution is 7.97. The summed E-state index contributed by atoms with van der Waals surface area (Å²) in [6.45, 7) is 0. The Morgan fingerprint density at radius 1 is 0.750 bits per heavy atom. The van der Waals surface area contributed by atoms with Gasteiger partial charge in [-0.1, -0.05) is 91.0 Å². The Balaban J connectivity index is 1.83. The minimum atomic E-state index is 0.105. The van der Waals surface area contributed by atoms with Crippen molar-refractivity contribution in [2.45, 2.75) is 11.6 Å². The normalized spacial score (nSPS) is 12.7. The van der Waals surface area contributed by atoms with Crippen molar-refractivity contribution < 1.29 is 4.79 Å². The van der Waals surface area contributed by atoms with E-state index in [9.17, 15) is 4.79 Å². The van der Waals surface area contributed by atoms with E-state index in [1.807, 2.05) is 66.4 Å². The van der Waals surface area contributed by atoms with Crippen molar-refractivity contribution in [1.29, 1.82) is 0 Å². The van der Waals surface area contributed by atoms with Crippen LogP contribution in [0.25, 0.3) is 22.4 Å². The number of thioether (sulfide) groups is 1. The number of nitrogens with zero attached hydrogens (tertiary/aromatic N) is 1. The molecule has 5 rings (SSSR count). The minimum Gasteiger partial charge on any atom is -0.333 e. The summed E-state index contributed by atoms with van der Waals surface area (Å²) in [5, 5.41) is 0. The molecule has 0 aliphatic carbocycles. The minimum absolute atomic E-state index is 0.105. The Morgan fingerprint density at radius 2 is 1.32 bits per heavy atom. The van der Waals surface area contributed by atoms with Crippen molar-refractivity contribution in [2.75, 3.05) is 0 Å². The molecule has 0 fully saturated rings. The first-order valence-corrected chi connectivity index (χ1v) is 10.5. The zero-order valence-corrected chi connectivity index (χ0v) is 16.2. The van der Waals surface area contributed by atoms with Crippen molar-refractivity contribution in [3.05, 3.63) is 108 Å². The molecule has 28 heavy (non-hydrogen) atoms. The summed E-state index contributed by atoms with van der Waals surface area (Å²) in [5.74, 6) is 1.84. The average Bonchev–Trinajstić information content (AvgIpc) is 3.35. The molecule has 3 heteroatoms. The largest absolute Gasteiger partial charge is 0.333 e. The first-order chi connectivity index (χ1) is 13.8. The van der Waals surface area contributed by atoms with Crippen LogP contribution in [0.3, 0.4) is 0 Å². The summed E-state index contributed by atoms with van der Waals surface area (Å²) >= 11 is 1.86. The molecule has 0 amide bonds. The summed E-state index contributed by atoms with van der Waals surface area (Å²) in [7, 11) is 0. The Kier molecular flexibility index (Phi) is 4.38. The van der Waals surface area contributed by atoms with Gasteiger partial charge < -0.3 is 4.57 Å². The number of carbonyl (C=O) groups is 1. The van der Waals surface area contributed by atoms with Crippen molar-refractivity contribution in [3.63, 3.8) is 0 Å². The molecule has 0 N–H and O–H groups in total. The lowest BCUT2D eigenvalue weighted by Gasteiger charge is -2.11. The van der Waals surface area contributed by atoms with Crippen LogP contribution in [0.5, 0.6) is 0 Å². The Morgan fingerprint density at radius 3 is 1.96 bits per heavy atom. The van der Waals surface area contributed by atoms with Crippen LogP contribution in [0.2, 0.25) is 0 Å². The van der Waals surface area contributed by atoms with Gasteiger partial charge in [-0.3, -0.25) is 4.79 Å². The average molecular weight is 382 g/mol. The maximum Gasteiger partial charge on any atom is 0.195 e. The number of hydrogen-bond acceptors (Lipinski definition) is 2. The molecule has 1 aromatic heterocycles. The number of fused-ring (bicyclic) bond motifs is 1. The van der Waals surface area contributed by atoms with E-state index in [-0.39, 0.29) is 5.78 Å². The van der Waals surface area contributed by atoms with Crippen molar-refractivity contribution >= 4 is 17.5 Å². The molecule has 1 aliphatic heterocycles. The van der Waals surface area contributed by atoms with E-state index >= 15 is 0 Å². The van der Waals surface area contributed by atoms with Gasteiger partial charge in [0.2, 0.25) is 0 Å². The SMILES string of the molecule is O=C(c1ccccc1)c1c(-c2ccccc2)c(-c2ccccc2)n2c1CSC2. The topological polar surface area (TPSA) is 22.0 Å². The van der Waals surface area contributed by atoms with Gasteiger partial charge in [0.1, 0.15) is 0 Å². The smallest absolute Gasteiger partial charge is 0.195 e. The zero-order chi connectivity index (χ0) is 18.9. The van der Waals surface area contributed by atoms with Gasteiger partial charge in [0.05, 0.1) is 17.1 Å². The molecule has 1 aliphatic rings.